The second kappa shape index (κ2) is 6.84. The third kappa shape index (κ3) is 3.09. The summed E-state index contributed by atoms with van der Waals surface area (Å²) in [6.45, 7) is 5.58. The van der Waals surface area contributed by atoms with Crippen LogP contribution in [0, 0.1) is 0 Å². The fourth-order valence-corrected chi connectivity index (χ4v) is 4.24. The molecule has 7 heteroatoms. The summed E-state index contributed by atoms with van der Waals surface area (Å²) in [5.74, 6) is 0.588. The van der Waals surface area contributed by atoms with E-state index in [-0.39, 0.29) is 5.91 Å². The molecule has 0 spiro atoms. The van der Waals surface area contributed by atoms with E-state index in [1.54, 1.807) is 6.20 Å². The number of anilines is 1. The summed E-state index contributed by atoms with van der Waals surface area (Å²) < 4.78 is 0. The van der Waals surface area contributed by atoms with Crippen LogP contribution in [-0.2, 0) is 0 Å². The number of carbonyl (C=O) groups excluding carboxylic acids is 1. The van der Waals surface area contributed by atoms with Crippen LogP contribution in [0.3, 0.4) is 0 Å². The third-order valence-corrected chi connectivity index (χ3v) is 5.72. The van der Waals surface area contributed by atoms with E-state index in [4.69, 9.17) is 11.6 Å². The van der Waals surface area contributed by atoms with Crippen molar-refractivity contribution >= 4 is 23.5 Å². The second-order valence-electron chi connectivity index (χ2n) is 7.00. The van der Waals surface area contributed by atoms with Crippen LogP contribution in [0.25, 0.3) is 0 Å². The molecule has 4 rings (SSSR count). The van der Waals surface area contributed by atoms with Crippen LogP contribution in [0.4, 0.5) is 5.95 Å². The van der Waals surface area contributed by atoms with Crippen molar-refractivity contribution in [2.75, 3.05) is 44.2 Å². The third-order valence-electron chi connectivity index (χ3n) is 5.45. The smallest absolute Gasteiger partial charge is 0.274 e. The Kier molecular flexibility index (Phi) is 4.59. The Balaban J connectivity index is 1.52. The van der Waals surface area contributed by atoms with Gasteiger partial charge in [0.15, 0.2) is 5.69 Å². The average molecular weight is 350 g/mol. The fourth-order valence-electron chi connectivity index (χ4n) is 4.07. The van der Waals surface area contributed by atoms with Crippen LogP contribution < -0.4 is 4.90 Å². The van der Waals surface area contributed by atoms with E-state index in [2.05, 4.69) is 19.8 Å². The van der Waals surface area contributed by atoms with E-state index in [0.29, 0.717) is 22.7 Å². The van der Waals surface area contributed by atoms with Crippen molar-refractivity contribution in [3.8, 4) is 0 Å². The normalized spacial score (nSPS) is 25.0. The van der Waals surface area contributed by atoms with Gasteiger partial charge in [0.25, 0.3) is 5.91 Å². The summed E-state index contributed by atoms with van der Waals surface area (Å²) in [5, 5.41) is 0.356. The number of rotatable bonds is 2. The molecule has 3 saturated heterocycles. The largest absolute Gasteiger partial charge is 0.341 e. The minimum atomic E-state index is -0.0481. The van der Waals surface area contributed by atoms with Gasteiger partial charge in [-0.05, 0) is 32.2 Å². The first kappa shape index (κ1) is 16.1. The van der Waals surface area contributed by atoms with E-state index in [9.17, 15) is 4.79 Å². The monoisotopic (exact) mass is 349 g/mol. The van der Waals surface area contributed by atoms with E-state index in [1.807, 2.05) is 4.90 Å². The predicted octanol–water partition coefficient (Wildman–Crippen LogP) is 2.04. The molecule has 0 N–H and O–H groups in total. The van der Waals surface area contributed by atoms with Gasteiger partial charge in [0, 0.05) is 38.8 Å². The molecule has 3 fully saturated rings. The molecule has 24 heavy (non-hydrogen) atoms. The molecule has 130 valence electrons. The van der Waals surface area contributed by atoms with Gasteiger partial charge in [-0.15, -0.1) is 0 Å². The molecular weight excluding hydrogens is 326 g/mol. The molecule has 0 saturated carbocycles. The first-order valence-electron chi connectivity index (χ1n) is 9.03. The van der Waals surface area contributed by atoms with E-state index < -0.39 is 0 Å². The van der Waals surface area contributed by atoms with Crippen molar-refractivity contribution in [1.29, 1.82) is 0 Å². The van der Waals surface area contributed by atoms with Gasteiger partial charge >= 0.3 is 0 Å². The fraction of sp³-hybridized carbons (Fsp3) is 0.706. The van der Waals surface area contributed by atoms with Crippen LogP contribution in [0.1, 0.15) is 42.6 Å². The highest BCUT2D eigenvalue weighted by Crippen LogP contribution is 2.25. The molecule has 1 atom stereocenters. The minimum Gasteiger partial charge on any atom is -0.341 e. The Morgan fingerprint density at radius 1 is 1.08 bits per heavy atom. The lowest BCUT2D eigenvalue weighted by atomic mass is 9.99. The Morgan fingerprint density at radius 3 is 2.71 bits per heavy atom. The molecule has 0 bridgehead atoms. The quantitative estimate of drug-likeness (QED) is 0.817. The van der Waals surface area contributed by atoms with Gasteiger partial charge in [-0.1, -0.05) is 18.0 Å². The Hall–Kier alpha value is -1.40. The zero-order chi connectivity index (χ0) is 16.5. The number of nitrogens with zero attached hydrogens (tertiary/aromatic N) is 5. The van der Waals surface area contributed by atoms with Crippen molar-refractivity contribution in [3.05, 3.63) is 16.9 Å². The number of hydrogen-bond acceptors (Lipinski definition) is 5. The number of hydrogen-bond donors (Lipinski definition) is 0. The van der Waals surface area contributed by atoms with Crippen LogP contribution in [0.2, 0.25) is 5.02 Å². The Labute approximate surface area is 147 Å². The van der Waals surface area contributed by atoms with Crippen molar-refractivity contribution in [2.24, 2.45) is 0 Å². The van der Waals surface area contributed by atoms with Crippen molar-refractivity contribution in [1.82, 2.24) is 19.8 Å². The number of piperidine rings is 1. The van der Waals surface area contributed by atoms with Crippen LogP contribution >= 0.6 is 11.6 Å². The van der Waals surface area contributed by atoms with Crippen LogP contribution in [-0.4, -0.2) is 71.0 Å². The summed E-state index contributed by atoms with van der Waals surface area (Å²) in [7, 11) is 0. The maximum Gasteiger partial charge on any atom is 0.274 e. The van der Waals surface area contributed by atoms with Gasteiger partial charge in [0.2, 0.25) is 5.95 Å². The lowest BCUT2D eigenvalue weighted by Crippen LogP contribution is -2.56. The number of fused-ring (bicyclic) bond motifs is 1. The topological polar surface area (TPSA) is 52.6 Å². The zero-order valence-electron chi connectivity index (χ0n) is 14.0. The minimum absolute atomic E-state index is 0.0481. The summed E-state index contributed by atoms with van der Waals surface area (Å²) in [6, 6.07) is 0.495. The Bertz CT molecular complexity index is 619. The maximum absolute atomic E-state index is 13.0. The van der Waals surface area contributed by atoms with Gasteiger partial charge < -0.3 is 9.80 Å². The number of halogens is 1. The van der Waals surface area contributed by atoms with Crippen molar-refractivity contribution in [2.45, 2.75) is 38.1 Å². The van der Waals surface area contributed by atoms with Crippen molar-refractivity contribution < 1.29 is 4.79 Å². The van der Waals surface area contributed by atoms with Gasteiger partial charge in [0.05, 0.1) is 11.2 Å². The first-order valence-corrected chi connectivity index (χ1v) is 9.41. The Morgan fingerprint density at radius 2 is 1.88 bits per heavy atom. The molecule has 1 amide bonds. The summed E-state index contributed by atoms with van der Waals surface area (Å²) in [6.07, 6.45) is 7.60. The van der Waals surface area contributed by atoms with Crippen LogP contribution in [0.5, 0.6) is 0 Å². The zero-order valence-corrected chi connectivity index (χ0v) is 14.7. The van der Waals surface area contributed by atoms with Gasteiger partial charge in [-0.2, -0.15) is 0 Å². The average Bonchev–Trinajstić information content (AvgIpc) is 3.16. The number of aromatic nitrogens is 2. The molecule has 0 aliphatic carbocycles. The summed E-state index contributed by atoms with van der Waals surface area (Å²) in [5.41, 5.74) is 0.359. The SMILES string of the molecule is O=C(c1nc(N2CCCC2)ncc1Cl)N1CCN2CCCC[C@H]2C1. The van der Waals surface area contributed by atoms with E-state index in [1.165, 1.54) is 25.8 Å². The summed E-state index contributed by atoms with van der Waals surface area (Å²) in [4.78, 5) is 28.4. The predicted molar refractivity (Wildman–Crippen MR) is 93.6 cm³/mol. The molecule has 0 unspecified atom stereocenters. The lowest BCUT2D eigenvalue weighted by Gasteiger charge is -2.43. The standard InChI is InChI=1S/C17H24ClN5O/c18-14-11-19-17(22-7-3-4-8-22)20-15(14)16(24)23-10-9-21-6-2-1-5-13(21)12-23/h11,13H,1-10,12H2/t13-/m0/s1. The molecule has 3 aliphatic heterocycles. The highest BCUT2D eigenvalue weighted by molar-refractivity contribution is 6.33. The number of piperazine rings is 1. The van der Waals surface area contributed by atoms with Gasteiger partial charge in [-0.3, -0.25) is 9.69 Å². The van der Waals surface area contributed by atoms with Crippen LogP contribution in [0.15, 0.2) is 6.20 Å². The lowest BCUT2D eigenvalue weighted by molar-refractivity contribution is 0.0368. The summed E-state index contributed by atoms with van der Waals surface area (Å²) >= 11 is 6.25. The molecule has 0 aromatic carbocycles. The maximum atomic E-state index is 13.0. The van der Waals surface area contributed by atoms with Gasteiger partial charge in [0.1, 0.15) is 0 Å². The molecule has 0 radical (unpaired) electrons. The van der Waals surface area contributed by atoms with E-state index in [0.717, 1.165) is 45.6 Å². The molecule has 6 nitrogen and oxygen atoms in total. The molecular formula is C17H24ClN5O. The highest BCUT2D eigenvalue weighted by atomic mass is 35.5. The molecule has 1 aromatic heterocycles. The number of carbonyl (C=O) groups is 1. The molecule has 4 heterocycles. The highest BCUT2D eigenvalue weighted by Gasteiger charge is 2.32. The second-order valence-corrected chi connectivity index (χ2v) is 7.40. The molecule has 3 aliphatic rings. The van der Waals surface area contributed by atoms with Gasteiger partial charge in [-0.25, -0.2) is 9.97 Å². The van der Waals surface area contributed by atoms with E-state index >= 15 is 0 Å². The van der Waals surface area contributed by atoms with Crippen molar-refractivity contribution in [3.63, 3.8) is 0 Å². The molecule has 1 aromatic rings. The first-order chi connectivity index (χ1) is 11.7. The number of amides is 1.